The van der Waals surface area contributed by atoms with Crippen molar-refractivity contribution in [2.24, 2.45) is 0 Å². The Hall–Kier alpha value is -6.60. The Labute approximate surface area is 477 Å². The Balaban J connectivity index is 2.41. The lowest BCUT2D eigenvalue weighted by Crippen LogP contribution is -2.67. The summed E-state index contributed by atoms with van der Waals surface area (Å²) >= 11 is 0. The number of aliphatic hydroxyl groups excluding tert-OH is 5. The normalized spacial score (nSPS) is 23.3. The summed E-state index contributed by atoms with van der Waals surface area (Å²) in [6, 6.07) is -9.86. The Morgan fingerprint density at radius 2 is 0.964 bits per heavy atom. The van der Waals surface area contributed by atoms with Gasteiger partial charge in [0.1, 0.15) is 79.9 Å². The summed E-state index contributed by atoms with van der Waals surface area (Å²) in [4.78, 5) is 156. The van der Waals surface area contributed by atoms with E-state index in [2.05, 4.69) is 53.2 Å². The fraction of sp³-hybridized carbons (Fsp3) is 0.755. The number of carbonyl (C=O) groups is 12. The second-order valence-electron chi connectivity index (χ2n) is 22.1. The van der Waals surface area contributed by atoms with E-state index in [0.29, 0.717) is 0 Å². The van der Waals surface area contributed by atoms with Crippen molar-refractivity contribution < 1.29 is 117 Å². The molecule has 2 fully saturated rings. The summed E-state index contributed by atoms with van der Waals surface area (Å²) < 4.78 is 33.5. The number of rotatable bonds is 30. The van der Waals surface area contributed by atoms with Crippen LogP contribution in [0.2, 0.25) is 0 Å². The van der Waals surface area contributed by atoms with Gasteiger partial charge in [-0.25, -0.2) is 0 Å². The molecule has 10 amide bonds. The van der Waals surface area contributed by atoms with Crippen molar-refractivity contribution in [3.8, 4) is 0 Å². The van der Waals surface area contributed by atoms with Crippen molar-refractivity contribution in [3.63, 3.8) is 0 Å². The number of nitrogens with one attached hydrogen (secondary N) is 10. The predicted molar refractivity (Wildman–Crippen MR) is 280 cm³/mol. The van der Waals surface area contributed by atoms with E-state index < -0.39 is 226 Å². The standard InChI is InChI=1S/C49H82N10O24/c1-22(62)53-35-39(72)37(70)28(16-60)82-45(35)59-30(64)12-24(55-33(67)21-78-46-36(54-23(2)63)40(73)38(71)29(17-61)83-46)44(77)58-27(20-81-49(9,10)11)43(76)51-14-32(66)56-25(18-79-47(3,4)5)41(74)50-13-31(65)57-26(19-80-48(6,7)8)42(75)52-15-34(68)69/h24-29,35-36,38-40,45-46,60-61,71-73H,12-21H2,1-11H3,(H,50,74)(H,51,76)(H,52,75)(H,53,62)(H,54,63)(H,55,67)(H,56,66)(H,57,65)(H,58,77)(H,59,64)(H,68,69)/t24-,25-,26-,27-,28?,29?,35?,36?,38?,39?,40?,45?,46?/m0/s1. The quantitative estimate of drug-likeness (QED) is 0.0318. The lowest BCUT2D eigenvalue weighted by atomic mass is 9.97. The number of ketones is 1. The SMILES string of the molecule is CC(=O)NC1C(NC(=O)C[C@H](NC(=O)COC2OC(CO)C(O)C(O)C2NC(C)=O)C(=O)N[C@@H](COC(C)(C)C)C(=O)NCC(=O)N[C@@H](COC(C)(C)C)C(=O)NCC(=O)N[C@@H](COC(C)(C)C)C(=O)NCC(=O)O)OC(CO)C(=O)C1O. The van der Waals surface area contributed by atoms with Gasteiger partial charge in [-0.3, -0.25) is 57.5 Å². The molecule has 34 heteroatoms. The summed E-state index contributed by atoms with van der Waals surface area (Å²) in [5.74, 6) is -12.5. The van der Waals surface area contributed by atoms with Crippen molar-refractivity contribution in [1.82, 2.24) is 53.2 Å². The first-order chi connectivity index (χ1) is 38.3. The van der Waals surface area contributed by atoms with Crippen LogP contribution in [0.3, 0.4) is 0 Å². The summed E-state index contributed by atoms with van der Waals surface area (Å²) in [7, 11) is 0. The molecule has 0 bridgehead atoms. The molecule has 2 rings (SSSR count). The van der Waals surface area contributed by atoms with Crippen LogP contribution in [0.15, 0.2) is 0 Å². The van der Waals surface area contributed by atoms with Gasteiger partial charge in [-0.15, -0.1) is 0 Å². The average molecular weight is 1200 g/mol. The Kier molecular flexibility index (Phi) is 28.9. The van der Waals surface area contributed by atoms with Crippen LogP contribution in [0.4, 0.5) is 0 Å². The van der Waals surface area contributed by atoms with E-state index >= 15 is 0 Å². The fourth-order valence-electron chi connectivity index (χ4n) is 7.31. The maximum atomic E-state index is 14.3. The number of amides is 10. The van der Waals surface area contributed by atoms with Gasteiger partial charge in [0.15, 0.2) is 18.3 Å². The van der Waals surface area contributed by atoms with Crippen LogP contribution in [-0.2, 0) is 86.0 Å². The average Bonchev–Trinajstić information content (AvgIpc) is 3.59. The van der Waals surface area contributed by atoms with E-state index in [4.69, 9.17) is 33.5 Å². The molecule has 83 heavy (non-hydrogen) atoms. The van der Waals surface area contributed by atoms with Crippen molar-refractivity contribution in [2.45, 2.75) is 179 Å². The minimum atomic E-state index is -2.02. The lowest BCUT2D eigenvalue weighted by Gasteiger charge is -2.42. The number of aliphatic carboxylic acids is 1. The van der Waals surface area contributed by atoms with Gasteiger partial charge >= 0.3 is 5.97 Å². The molecule has 0 aromatic carbocycles. The fourth-order valence-corrected chi connectivity index (χ4v) is 7.31. The maximum absolute atomic E-state index is 14.3. The second-order valence-corrected chi connectivity index (χ2v) is 22.1. The number of hydrogen-bond acceptors (Lipinski definition) is 23. The van der Waals surface area contributed by atoms with Gasteiger partial charge in [0.25, 0.3) is 0 Å². The highest BCUT2D eigenvalue weighted by Gasteiger charge is 2.47. The van der Waals surface area contributed by atoms with Crippen molar-refractivity contribution in [1.29, 1.82) is 0 Å². The van der Waals surface area contributed by atoms with Gasteiger partial charge in [-0.05, 0) is 62.3 Å². The maximum Gasteiger partial charge on any atom is 0.322 e. The van der Waals surface area contributed by atoms with Gasteiger partial charge in [-0.1, -0.05) is 0 Å². The predicted octanol–water partition coefficient (Wildman–Crippen LogP) is -8.58. The van der Waals surface area contributed by atoms with E-state index in [1.165, 1.54) is 0 Å². The molecule has 0 aromatic rings. The molecule has 0 aromatic heterocycles. The third-order valence-electron chi connectivity index (χ3n) is 11.3. The number of carboxylic acid groups (broad SMARTS) is 1. The number of hydrogen-bond donors (Lipinski definition) is 16. The number of aliphatic hydroxyl groups is 5. The van der Waals surface area contributed by atoms with E-state index in [9.17, 15) is 83.1 Å². The molecule has 34 nitrogen and oxygen atoms in total. The van der Waals surface area contributed by atoms with Crippen molar-refractivity contribution in [3.05, 3.63) is 0 Å². The lowest BCUT2D eigenvalue weighted by molar-refractivity contribution is -0.268. The molecular formula is C49H82N10O24. The van der Waals surface area contributed by atoms with Crippen molar-refractivity contribution >= 4 is 70.8 Å². The molecular weight excluding hydrogens is 1110 g/mol. The Bertz CT molecular complexity index is 2290. The monoisotopic (exact) mass is 1190 g/mol. The molecule has 9 unspecified atom stereocenters. The largest absolute Gasteiger partial charge is 0.480 e. The molecule has 0 saturated carbocycles. The van der Waals surface area contributed by atoms with Crippen LogP contribution >= 0.6 is 0 Å². The van der Waals surface area contributed by atoms with Gasteiger partial charge in [0.05, 0.1) is 69.3 Å². The third kappa shape index (κ3) is 26.7. The zero-order valence-electron chi connectivity index (χ0n) is 48.1. The van der Waals surface area contributed by atoms with E-state index in [1.54, 1.807) is 62.3 Å². The van der Waals surface area contributed by atoms with Crippen LogP contribution < -0.4 is 53.2 Å². The first kappa shape index (κ1) is 72.5. The van der Waals surface area contributed by atoms with E-state index in [1.807, 2.05) is 0 Å². The number of carbonyl (C=O) groups excluding carboxylic acids is 11. The topological polar surface area (TPSA) is 502 Å². The van der Waals surface area contributed by atoms with Gasteiger partial charge in [0.2, 0.25) is 59.1 Å². The van der Waals surface area contributed by atoms with Gasteiger partial charge in [-0.2, -0.15) is 0 Å². The number of carboxylic acids is 1. The Morgan fingerprint density at radius 1 is 0.530 bits per heavy atom. The molecule has 0 radical (unpaired) electrons. The molecule has 2 aliphatic rings. The van der Waals surface area contributed by atoms with Crippen molar-refractivity contribution in [2.75, 3.05) is 59.3 Å². The first-order valence-corrected chi connectivity index (χ1v) is 26.1. The highest BCUT2D eigenvalue weighted by molar-refractivity contribution is 5.97. The zero-order chi connectivity index (χ0) is 63.3. The third-order valence-corrected chi connectivity index (χ3v) is 11.3. The van der Waals surface area contributed by atoms with E-state index in [-0.39, 0.29) is 6.61 Å². The molecule has 2 heterocycles. The molecule has 0 aliphatic carbocycles. The van der Waals surface area contributed by atoms with Crippen LogP contribution in [0.5, 0.6) is 0 Å². The number of Topliss-reactive ketones (excluding diaryl/α,β-unsaturated/α-hetero) is 1. The van der Waals surface area contributed by atoms with Gasteiger partial charge < -0.3 is 112 Å². The molecule has 0 spiro atoms. The Morgan fingerprint density at radius 3 is 1.39 bits per heavy atom. The molecule has 2 aliphatic heterocycles. The zero-order valence-corrected chi connectivity index (χ0v) is 48.1. The highest BCUT2D eigenvalue weighted by atomic mass is 16.7. The van der Waals surface area contributed by atoms with Crippen LogP contribution in [0, 0.1) is 0 Å². The molecule has 472 valence electrons. The molecule has 13 atom stereocenters. The number of ether oxygens (including phenoxy) is 6. The van der Waals surface area contributed by atoms with Crippen LogP contribution in [0.1, 0.15) is 82.6 Å². The van der Waals surface area contributed by atoms with E-state index in [0.717, 1.165) is 13.8 Å². The summed E-state index contributed by atoms with van der Waals surface area (Å²) in [5, 5.41) is 83.1. The van der Waals surface area contributed by atoms with Crippen LogP contribution in [-0.4, -0.2) is 257 Å². The molecule has 2 saturated heterocycles. The summed E-state index contributed by atoms with van der Waals surface area (Å²) in [6.07, 6.45) is -13.2. The first-order valence-electron chi connectivity index (χ1n) is 26.1. The highest BCUT2D eigenvalue weighted by Crippen LogP contribution is 2.23. The van der Waals surface area contributed by atoms with Crippen LogP contribution in [0.25, 0.3) is 0 Å². The second kappa shape index (κ2) is 33.0. The molecule has 16 N–H and O–H groups in total. The minimum absolute atomic E-state index is 0.383. The summed E-state index contributed by atoms with van der Waals surface area (Å²) in [6.45, 7) is 9.91. The smallest absolute Gasteiger partial charge is 0.322 e. The summed E-state index contributed by atoms with van der Waals surface area (Å²) in [5.41, 5.74) is -2.66. The minimum Gasteiger partial charge on any atom is -0.480 e. The van der Waals surface area contributed by atoms with Gasteiger partial charge in [0, 0.05) is 13.8 Å².